The van der Waals surface area contributed by atoms with Crippen molar-refractivity contribution in [3.05, 3.63) is 47.8 Å². The third kappa shape index (κ3) is 4.66. The van der Waals surface area contributed by atoms with Crippen LogP contribution in [-0.2, 0) is 6.54 Å². The summed E-state index contributed by atoms with van der Waals surface area (Å²) in [6.07, 6.45) is 2.60. The number of hydrogen-bond donors (Lipinski definition) is 0. The van der Waals surface area contributed by atoms with E-state index in [-0.39, 0.29) is 11.5 Å². The average Bonchev–Trinajstić information content (AvgIpc) is 3.27. The minimum atomic E-state index is -0.520. The molecule has 0 fully saturated rings. The monoisotopic (exact) mass is 404 g/mol. The van der Waals surface area contributed by atoms with Crippen molar-refractivity contribution in [2.24, 2.45) is 5.41 Å². The summed E-state index contributed by atoms with van der Waals surface area (Å²) in [5.74, 6) is 1.41. The highest BCUT2D eigenvalue weighted by Gasteiger charge is 2.40. The fraction of sp³-hybridized carbons (Fsp3) is 0.500. The molecule has 0 amide bonds. The van der Waals surface area contributed by atoms with Crippen LogP contribution < -0.4 is 4.74 Å². The molecule has 0 aliphatic carbocycles. The van der Waals surface area contributed by atoms with Gasteiger partial charge in [-0.3, -0.25) is 0 Å². The lowest BCUT2D eigenvalue weighted by atomic mass is 9.85. The quantitative estimate of drug-likeness (QED) is 0.598. The second-order valence-electron chi connectivity index (χ2n) is 7.93. The van der Waals surface area contributed by atoms with E-state index in [2.05, 4.69) is 46.4 Å². The average molecular weight is 405 g/mol. The number of benzene rings is 1. The van der Waals surface area contributed by atoms with E-state index in [9.17, 15) is 0 Å². The Morgan fingerprint density at radius 1 is 1.18 bits per heavy atom. The lowest BCUT2D eigenvalue weighted by Crippen LogP contribution is -2.38. The molecule has 150 valence electrons. The molecule has 3 rings (SSSR count). The zero-order chi connectivity index (χ0) is 20.3. The molecular weight excluding hydrogens is 380 g/mol. The number of ether oxygens (including phenoxy) is 1. The first kappa shape index (κ1) is 20.2. The summed E-state index contributed by atoms with van der Waals surface area (Å²) in [4.78, 5) is 6.12. The van der Waals surface area contributed by atoms with Crippen molar-refractivity contribution in [2.45, 2.75) is 39.6 Å². The maximum absolute atomic E-state index is 6.36. The van der Waals surface area contributed by atoms with E-state index in [1.807, 2.05) is 35.8 Å². The summed E-state index contributed by atoms with van der Waals surface area (Å²) < 4.78 is 9.87. The van der Waals surface area contributed by atoms with Crippen molar-refractivity contribution in [2.75, 3.05) is 14.1 Å². The predicted molar refractivity (Wildman–Crippen MR) is 105 cm³/mol. The van der Waals surface area contributed by atoms with Crippen LogP contribution in [0, 0.1) is 5.41 Å². The molecular formula is C18H25ClN8O. The Morgan fingerprint density at radius 3 is 2.46 bits per heavy atom. The molecule has 2 atom stereocenters. The Bertz CT molecular complexity index is 870. The van der Waals surface area contributed by atoms with E-state index in [1.54, 1.807) is 23.1 Å². The van der Waals surface area contributed by atoms with Gasteiger partial charge in [-0.15, -0.1) is 5.10 Å². The first-order chi connectivity index (χ1) is 13.3. The molecule has 0 spiro atoms. The molecule has 0 saturated carbocycles. The number of rotatable bonds is 7. The van der Waals surface area contributed by atoms with Crippen LogP contribution in [0.3, 0.4) is 0 Å². The predicted octanol–water partition coefficient (Wildman–Crippen LogP) is 2.84. The Kier molecular flexibility index (Phi) is 5.95. The molecule has 1 aromatic carbocycles. The maximum Gasteiger partial charge on any atom is 0.215 e. The van der Waals surface area contributed by atoms with Gasteiger partial charge in [0.05, 0.1) is 6.54 Å². The van der Waals surface area contributed by atoms with Crippen LogP contribution in [-0.4, -0.2) is 54.0 Å². The van der Waals surface area contributed by atoms with Gasteiger partial charge in [0.2, 0.25) is 6.23 Å². The molecule has 28 heavy (non-hydrogen) atoms. The highest BCUT2D eigenvalue weighted by Crippen LogP contribution is 2.40. The van der Waals surface area contributed by atoms with E-state index < -0.39 is 6.23 Å². The second kappa shape index (κ2) is 8.24. The van der Waals surface area contributed by atoms with Crippen molar-refractivity contribution < 1.29 is 4.74 Å². The van der Waals surface area contributed by atoms with Crippen molar-refractivity contribution in [3.8, 4) is 5.75 Å². The van der Waals surface area contributed by atoms with Crippen LogP contribution in [0.5, 0.6) is 5.75 Å². The summed E-state index contributed by atoms with van der Waals surface area (Å²) in [7, 11) is 3.95. The number of nitrogens with zero attached hydrogens (tertiary/aromatic N) is 8. The first-order valence-corrected chi connectivity index (χ1v) is 9.31. The molecule has 0 aliphatic heterocycles. The highest BCUT2D eigenvalue weighted by molar-refractivity contribution is 6.30. The second-order valence-corrected chi connectivity index (χ2v) is 8.36. The van der Waals surface area contributed by atoms with Gasteiger partial charge in [0.25, 0.3) is 0 Å². The van der Waals surface area contributed by atoms with Gasteiger partial charge in [-0.2, -0.15) is 5.10 Å². The van der Waals surface area contributed by atoms with Crippen LogP contribution in [0.2, 0.25) is 5.02 Å². The van der Waals surface area contributed by atoms with Gasteiger partial charge in [-0.1, -0.05) is 32.4 Å². The molecule has 0 aliphatic rings. The zero-order valence-electron chi connectivity index (χ0n) is 16.7. The van der Waals surface area contributed by atoms with Crippen LogP contribution in [0.15, 0.2) is 36.9 Å². The zero-order valence-corrected chi connectivity index (χ0v) is 17.4. The van der Waals surface area contributed by atoms with Crippen molar-refractivity contribution in [1.29, 1.82) is 0 Å². The lowest BCUT2D eigenvalue weighted by molar-refractivity contribution is -0.000970. The third-order valence-electron chi connectivity index (χ3n) is 4.21. The van der Waals surface area contributed by atoms with Crippen LogP contribution in [0.25, 0.3) is 0 Å². The molecule has 2 heterocycles. The normalized spacial score (nSPS) is 14.2. The van der Waals surface area contributed by atoms with Gasteiger partial charge in [0.15, 0.2) is 5.82 Å². The Balaban J connectivity index is 2.05. The molecule has 3 aromatic rings. The molecule has 0 N–H and O–H groups in total. The summed E-state index contributed by atoms with van der Waals surface area (Å²) in [6, 6.07) is 6.97. The minimum Gasteiger partial charge on any atom is -0.466 e. The van der Waals surface area contributed by atoms with Crippen LogP contribution >= 0.6 is 11.6 Å². The molecule has 0 saturated heterocycles. The first-order valence-electron chi connectivity index (χ1n) is 8.93. The molecule has 0 radical (unpaired) electrons. The summed E-state index contributed by atoms with van der Waals surface area (Å²) in [6.45, 7) is 6.96. The van der Waals surface area contributed by atoms with E-state index in [4.69, 9.17) is 16.3 Å². The Hall–Kier alpha value is -2.52. The number of halogens is 1. The minimum absolute atomic E-state index is 0.251. The number of aromatic nitrogens is 7. The maximum atomic E-state index is 6.36. The van der Waals surface area contributed by atoms with Gasteiger partial charge in [-0.05, 0) is 54.2 Å². The summed E-state index contributed by atoms with van der Waals surface area (Å²) >= 11 is 6.01. The van der Waals surface area contributed by atoms with Crippen molar-refractivity contribution in [3.63, 3.8) is 0 Å². The van der Waals surface area contributed by atoms with Gasteiger partial charge >= 0.3 is 0 Å². The standard InChI is InChI=1S/C18H25ClN8O/c1-18(2,3)16(27-15(10-25(4)5)22-23-24-27)17(26-12-20-11-21-26)28-14-8-6-13(19)7-9-14/h6-9,11-12,16-17H,10H2,1-5H3. The smallest absolute Gasteiger partial charge is 0.215 e. The Morgan fingerprint density at radius 2 is 1.89 bits per heavy atom. The number of hydrogen-bond acceptors (Lipinski definition) is 7. The van der Waals surface area contributed by atoms with Crippen molar-refractivity contribution in [1.82, 2.24) is 39.9 Å². The van der Waals surface area contributed by atoms with E-state index >= 15 is 0 Å². The van der Waals surface area contributed by atoms with E-state index in [1.165, 1.54) is 6.33 Å². The highest BCUT2D eigenvalue weighted by atomic mass is 35.5. The van der Waals surface area contributed by atoms with Crippen LogP contribution in [0.1, 0.15) is 38.9 Å². The lowest BCUT2D eigenvalue weighted by Gasteiger charge is -2.37. The van der Waals surface area contributed by atoms with Crippen molar-refractivity contribution >= 4 is 11.6 Å². The summed E-state index contributed by atoms with van der Waals surface area (Å²) in [5.41, 5.74) is -0.251. The van der Waals surface area contributed by atoms with Gasteiger partial charge in [0, 0.05) is 5.02 Å². The van der Waals surface area contributed by atoms with E-state index in [0.29, 0.717) is 17.3 Å². The van der Waals surface area contributed by atoms with Crippen LogP contribution in [0.4, 0.5) is 0 Å². The van der Waals surface area contributed by atoms with Gasteiger partial charge in [-0.25, -0.2) is 14.3 Å². The van der Waals surface area contributed by atoms with E-state index in [0.717, 1.165) is 5.82 Å². The van der Waals surface area contributed by atoms with Gasteiger partial charge in [0.1, 0.15) is 24.4 Å². The third-order valence-corrected chi connectivity index (χ3v) is 4.46. The molecule has 10 heteroatoms. The number of tetrazole rings is 1. The molecule has 0 bridgehead atoms. The molecule has 9 nitrogen and oxygen atoms in total. The van der Waals surface area contributed by atoms with Gasteiger partial charge < -0.3 is 9.64 Å². The fourth-order valence-electron chi connectivity index (χ4n) is 3.00. The molecule has 2 aromatic heterocycles. The molecule has 2 unspecified atom stereocenters. The largest absolute Gasteiger partial charge is 0.466 e. The topological polar surface area (TPSA) is 86.8 Å². The fourth-order valence-corrected chi connectivity index (χ4v) is 3.12. The SMILES string of the molecule is CN(C)Cc1nnnn1C(C(Oc1ccc(Cl)cc1)n1cncn1)C(C)(C)C. The Labute approximate surface area is 169 Å². The summed E-state index contributed by atoms with van der Waals surface area (Å²) in [5, 5.41) is 17.4.